The number of esters is 2. The number of halogens is 6. The van der Waals surface area contributed by atoms with E-state index in [-0.39, 0.29) is 59.7 Å². The summed E-state index contributed by atoms with van der Waals surface area (Å²) in [6.45, 7) is 0. The van der Waals surface area contributed by atoms with Gasteiger partial charge in [0.25, 0.3) is 0 Å². The van der Waals surface area contributed by atoms with Crippen molar-refractivity contribution in [3.63, 3.8) is 0 Å². The number of aliphatic carboxylic acids is 1. The third kappa shape index (κ3) is 10.6. The lowest BCUT2D eigenvalue weighted by Gasteiger charge is -2.29. The minimum absolute atomic E-state index is 0.0279. The fraction of sp³-hybridized carbons (Fsp3) is 0.273. The minimum Gasteiger partial charge on any atom is -0.481 e. The molecule has 0 saturated heterocycles. The standard InChI is InChI=1S/C44H37F6N5O7/c45-43(46,47)25-15-19-34(52-27-17-13-24(23-51)14-18-27)36(21-25)54-39(57)29-8-2-4-10-31(29)41(60)62-42(61)32-11-5-6-12-33(32)53-35-20-16-26(44(48,49)50)22-37(35)55-38(56)28-7-1-3-9-30(28)40(58)59/h1,3,5-6,11-22,28-31,52-53H,2,4,7-10H2,(H,54,57)(H,55,56)(H,58,59)/t28?,29-,30?,31-/m1/s1. The van der Waals surface area contributed by atoms with Crippen LogP contribution in [0.15, 0.2) is 97.1 Å². The molecule has 62 heavy (non-hydrogen) atoms. The summed E-state index contributed by atoms with van der Waals surface area (Å²) >= 11 is 0. The second kappa shape index (κ2) is 18.6. The van der Waals surface area contributed by atoms with E-state index in [2.05, 4.69) is 21.3 Å². The molecule has 1 fully saturated rings. The van der Waals surface area contributed by atoms with Crippen LogP contribution in [-0.4, -0.2) is 34.8 Å². The number of hydrogen-bond acceptors (Lipinski definition) is 9. The molecule has 12 nitrogen and oxygen atoms in total. The van der Waals surface area contributed by atoms with Crippen molar-refractivity contribution >= 4 is 63.8 Å². The molecule has 4 aromatic carbocycles. The van der Waals surface area contributed by atoms with Gasteiger partial charge < -0.3 is 31.1 Å². The van der Waals surface area contributed by atoms with Gasteiger partial charge in [0.2, 0.25) is 11.8 Å². The molecule has 0 heterocycles. The van der Waals surface area contributed by atoms with E-state index in [0.29, 0.717) is 30.2 Å². The predicted molar refractivity (Wildman–Crippen MR) is 213 cm³/mol. The third-order valence-electron chi connectivity index (χ3n) is 10.6. The largest absolute Gasteiger partial charge is 0.481 e. The van der Waals surface area contributed by atoms with E-state index in [4.69, 9.17) is 10.00 Å². The summed E-state index contributed by atoms with van der Waals surface area (Å²) in [5, 5.41) is 29.4. The summed E-state index contributed by atoms with van der Waals surface area (Å²) in [4.78, 5) is 66.3. The summed E-state index contributed by atoms with van der Waals surface area (Å²) in [5.41, 5.74) is -2.45. The number of carbonyl (C=O) groups excluding carboxylic acids is 4. The molecule has 0 bridgehead atoms. The number of nitrogens with zero attached hydrogens (tertiary/aromatic N) is 1. The summed E-state index contributed by atoms with van der Waals surface area (Å²) in [7, 11) is 0. The van der Waals surface area contributed by atoms with E-state index in [9.17, 15) is 55.4 Å². The molecule has 5 N–H and O–H groups in total. The van der Waals surface area contributed by atoms with Crippen molar-refractivity contribution in [2.75, 3.05) is 21.3 Å². The van der Waals surface area contributed by atoms with Gasteiger partial charge in [-0.2, -0.15) is 31.6 Å². The zero-order valence-corrected chi connectivity index (χ0v) is 32.4. The first-order chi connectivity index (χ1) is 29.4. The Kier molecular flexibility index (Phi) is 13.3. The Morgan fingerprint density at radius 2 is 1.16 bits per heavy atom. The highest BCUT2D eigenvalue weighted by atomic mass is 19.4. The zero-order valence-electron chi connectivity index (χ0n) is 32.4. The molecule has 1 saturated carbocycles. The van der Waals surface area contributed by atoms with Crippen LogP contribution in [0.4, 0.5) is 60.5 Å². The number of rotatable bonds is 11. The summed E-state index contributed by atoms with van der Waals surface area (Å²) in [6.07, 6.45) is -5.18. The van der Waals surface area contributed by atoms with E-state index in [1.807, 2.05) is 6.07 Å². The lowest BCUT2D eigenvalue weighted by molar-refractivity contribution is -0.148. The highest BCUT2D eigenvalue weighted by molar-refractivity contribution is 6.05. The average molecular weight is 862 g/mol. The Morgan fingerprint density at radius 1 is 0.629 bits per heavy atom. The number of carboxylic acids is 1. The Morgan fingerprint density at radius 3 is 1.73 bits per heavy atom. The first kappa shape index (κ1) is 44.4. The second-order valence-electron chi connectivity index (χ2n) is 14.7. The smallest absolute Gasteiger partial charge is 0.416 e. The number of nitriles is 1. The SMILES string of the molecule is N#Cc1ccc(Nc2ccc(C(F)(F)F)cc2NC(=O)[C@@H]2CCCC[C@H]2C(=O)OC(=O)c2ccccc2Nc2ccc(C(F)(F)F)cc2NC(=O)C2CC=CCC2C(=O)O)cc1. The maximum atomic E-state index is 13.8. The zero-order chi connectivity index (χ0) is 44.8. The summed E-state index contributed by atoms with van der Waals surface area (Å²) in [5.74, 6) is -9.76. The van der Waals surface area contributed by atoms with E-state index in [1.54, 1.807) is 12.2 Å². The van der Waals surface area contributed by atoms with Crippen molar-refractivity contribution in [2.45, 2.75) is 50.9 Å². The van der Waals surface area contributed by atoms with Gasteiger partial charge in [0.15, 0.2) is 0 Å². The Balaban J connectivity index is 1.21. The molecule has 4 aromatic rings. The maximum Gasteiger partial charge on any atom is 0.416 e. The van der Waals surface area contributed by atoms with Gasteiger partial charge in [-0.1, -0.05) is 37.1 Å². The molecular weight excluding hydrogens is 824 g/mol. The van der Waals surface area contributed by atoms with Gasteiger partial charge in [0.1, 0.15) is 0 Å². The minimum atomic E-state index is -4.83. The lowest BCUT2D eigenvalue weighted by Crippen LogP contribution is -2.37. The van der Waals surface area contributed by atoms with Crippen molar-refractivity contribution in [1.29, 1.82) is 5.26 Å². The fourth-order valence-electron chi connectivity index (χ4n) is 7.34. The number of allylic oxidation sites excluding steroid dienone is 2. The predicted octanol–water partition coefficient (Wildman–Crippen LogP) is 9.82. The number of anilines is 6. The number of para-hydroxylation sites is 1. The molecule has 0 aliphatic heterocycles. The number of alkyl halides is 6. The van der Waals surface area contributed by atoms with E-state index >= 15 is 0 Å². The molecule has 2 amide bonds. The molecule has 2 unspecified atom stereocenters. The number of hydrogen-bond donors (Lipinski definition) is 5. The van der Waals surface area contributed by atoms with Crippen molar-refractivity contribution in [1.82, 2.24) is 0 Å². The first-order valence-corrected chi connectivity index (χ1v) is 19.2. The van der Waals surface area contributed by atoms with Gasteiger partial charge in [0, 0.05) is 5.69 Å². The van der Waals surface area contributed by atoms with Crippen molar-refractivity contribution in [3.05, 3.63) is 119 Å². The van der Waals surface area contributed by atoms with Crippen LogP contribution in [0.2, 0.25) is 0 Å². The topological polar surface area (TPSA) is 187 Å². The first-order valence-electron chi connectivity index (χ1n) is 19.2. The van der Waals surface area contributed by atoms with Gasteiger partial charge in [-0.05, 0) is 98.5 Å². The van der Waals surface area contributed by atoms with Crippen LogP contribution in [0.25, 0.3) is 0 Å². The molecule has 18 heteroatoms. The van der Waals surface area contributed by atoms with Crippen LogP contribution in [0.3, 0.4) is 0 Å². The monoisotopic (exact) mass is 861 g/mol. The quantitative estimate of drug-likeness (QED) is 0.0421. The van der Waals surface area contributed by atoms with E-state index in [1.165, 1.54) is 48.5 Å². The van der Waals surface area contributed by atoms with Crippen LogP contribution in [0, 0.1) is 35.0 Å². The molecular formula is C44H37F6N5O7. The Bertz CT molecular complexity index is 2450. The molecule has 0 radical (unpaired) electrons. The molecule has 4 atom stereocenters. The lowest BCUT2D eigenvalue weighted by atomic mass is 9.78. The Labute approximate surface area is 350 Å². The van der Waals surface area contributed by atoms with Crippen molar-refractivity contribution < 1.29 is 60.2 Å². The second-order valence-corrected chi connectivity index (χ2v) is 14.7. The Hall–Kier alpha value is -7.16. The molecule has 2 aliphatic carbocycles. The number of carboxylic acid groups (broad SMARTS) is 1. The van der Waals surface area contributed by atoms with E-state index in [0.717, 1.165) is 30.3 Å². The average Bonchev–Trinajstić information content (AvgIpc) is 3.24. The summed E-state index contributed by atoms with van der Waals surface area (Å²) < 4.78 is 88.0. The van der Waals surface area contributed by atoms with Gasteiger partial charge in [-0.3, -0.25) is 19.2 Å². The number of nitrogens with one attached hydrogen (secondary N) is 4. The van der Waals surface area contributed by atoms with Gasteiger partial charge in [-0.25, -0.2) is 4.79 Å². The molecule has 0 spiro atoms. The van der Waals surface area contributed by atoms with Gasteiger partial charge in [-0.15, -0.1) is 0 Å². The van der Waals surface area contributed by atoms with Crippen LogP contribution >= 0.6 is 0 Å². The van der Waals surface area contributed by atoms with Crippen LogP contribution < -0.4 is 21.3 Å². The third-order valence-corrected chi connectivity index (χ3v) is 10.6. The van der Waals surface area contributed by atoms with E-state index < -0.39 is 76.9 Å². The molecule has 2 aliphatic rings. The van der Waals surface area contributed by atoms with Crippen molar-refractivity contribution in [2.24, 2.45) is 23.7 Å². The van der Waals surface area contributed by atoms with Crippen LogP contribution in [-0.2, 0) is 36.3 Å². The highest BCUT2D eigenvalue weighted by Crippen LogP contribution is 2.39. The summed E-state index contributed by atoms with van der Waals surface area (Å²) in [6, 6.07) is 18.5. The number of amides is 2. The van der Waals surface area contributed by atoms with Crippen molar-refractivity contribution in [3.8, 4) is 6.07 Å². The van der Waals surface area contributed by atoms with Crippen LogP contribution in [0.5, 0.6) is 0 Å². The molecule has 0 aromatic heterocycles. The van der Waals surface area contributed by atoms with Gasteiger partial charge in [0.05, 0.1) is 80.4 Å². The molecule has 322 valence electrons. The van der Waals surface area contributed by atoms with Gasteiger partial charge >= 0.3 is 30.3 Å². The molecule has 6 rings (SSSR count). The number of benzene rings is 4. The normalized spacial score (nSPS) is 18.7. The maximum absolute atomic E-state index is 13.8. The highest BCUT2D eigenvalue weighted by Gasteiger charge is 2.40. The number of ether oxygens (including phenoxy) is 1. The van der Waals surface area contributed by atoms with Crippen LogP contribution in [0.1, 0.15) is 65.6 Å². The fourth-order valence-corrected chi connectivity index (χ4v) is 7.34. The number of carbonyl (C=O) groups is 5.